The highest BCUT2D eigenvalue weighted by molar-refractivity contribution is 6.36. The number of hydrogen-bond acceptors (Lipinski definition) is 3. The SMILES string of the molecule is O=C(Nc1ccc(Cl)c2ccccc12)c1ccccc1NCc1ccncc1. The highest BCUT2D eigenvalue weighted by Crippen LogP contribution is 2.30. The summed E-state index contributed by atoms with van der Waals surface area (Å²) in [6.07, 6.45) is 3.50. The number of carbonyl (C=O) groups is 1. The number of hydrogen-bond donors (Lipinski definition) is 2. The quantitative estimate of drug-likeness (QED) is 0.458. The van der Waals surface area contributed by atoms with Crippen LogP contribution in [-0.2, 0) is 6.54 Å². The van der Waals surface area contributed by atoms with Gasteiger partial charge in [0.05, 0.1) is 5.56 Å². The maximum atomic E-state index is 13.0. The molecule has 138 valence electrons. The van der Waals surface area contributed by atoms with E-state index in [9.17, 15) is 4.79 Å². The van der Waals surface area contributed by atoms with Crippen LogP contribution < -0.4 is 10.6 Å². The summed E-state index contributed by atoms with van der Waals surface area (Å²) in [7, 11) is 0. The maximum Gasteiger partial charge on any atom is 0.257 e. The molecule has 0 fully saturated rings. The molecule has 0 bridgehead atoms. The van der Waals surface area contributed by atoms with Crippen LogP contribution in [0.4, 0.5) is 11.4 Å². The van der Waals surface area contributed by atoms with Crippen molar-refractivity contribution in [3.05, 3.63) is 101 Å². The van der Waals surface area contributed by atoms with E-state index in [-0.39, 0.29) is 5.91 Å². The fraction of sp³-hybridized carbons (Fsp3) is 0.0435. The first-order valence-corrected chi connectivity index (χ1v) is 9.30. The van der Waals surface area contributed by atoms with Crippen LogP contribution in [0.25, 0.3) is 10.8 Å². The third-order valence-electron chi connectivity index (χ3n) is 4.52. The van der Waals surface area contributed by atoms with Gasteiger partial charge in [0, 0.05) is 46.1 Å². The molecule has 2 N–H and O–H groups in total. The van der Waals surface area contributed by atoms with E-state index in [1.165, 1.54) is 0 Å². The van der Waals surface area contributed by atoms with Crippen molar-refractivity contribution in [1.82, 2.24) is 4.98 Å². The summed E-state index contributed by atoms with van der Waals surface area (Å²) in [5, 5.41) is 8.83. The monoisotopic (exact) mass is 387 g/mol. The van der Waals surface area contributed by atoms with Crippen LogP contribution >= 0.6 is 11.6 Å². The Morgan fingerprint density at radius 1 is 0.821 bits per heavy atom. The number of anilines is 2. The Labute approximate surface area is 168 Å². The third kappa shape index (κ3) is 3.82. The summed E-state index contributed by atoms with van der Waals surface area (Å²) in [5.41, 5.74) is 3.17. The van der Waals surface area contributed by atoms with Crippen molar-refractivity contribution in [2.45, 2.75) is 6.54 Å². The Balaban J connectivity index is 1.59. The number of halogens is 1. The van der Waals surface area contributed by atoms with Gasteiger partial charge in [-0.15, -0.1) is 0 Å². The molecule has 0 atom stereocenters. The predicted molar refractivity (Wildman–Crippen MR) is 115 cm³/mol. The molecule has 4 aromatic rings. The summed E-state index contributed by atoms with van der Waals surface area (Å²) in [6.45, 7) is 0.608. The van der Waals surface area contributed by atoms with Gasteiger partial charge in [0.1, 0.15) is 0 Å². The summed E-state index contributed by atoms with van der Waals surface area (Å²) >= 11 is 6.28. The lowest BCUT2D eigenvalue weighted by molar-refractivity contribution is 0.102. The summed E-state index contributed by atoms with van der Waals surface area (Å²) in [5.74, 6) is -0.176. The molecule has 0 saturated carbocycles. The van der Waals surface area contributed by atoms with E-state index < -0.39 is 0 Å². The number of benzene rings is 3. The molecule has 28 heavy (non-hydrogen) atoms. The molecule has 3 aromatic carbocycles. The highest BCUT2D eigenvalue weighted by atomic mass is 35.5. The van der Waals surface area contributed by atoms with Crippen molar-refractivity contribution in [3.8, 4) is 0 Å². The second-order valence-corrected chi connectivity index (χ2v) is 6.76. The van der Waals surface area contributed by atoms with Gasteiger partial charge in [-0.2, -0.15) is 0 Å². The fourth-order valence-corrected chi connectivity index (χ4v) is 3.32. The van der Waals surface area contributed by atoms with E-state index in [0.717, 1.165) is 27.7 Å². The van der Waals surface area contributed by atoms with E-state index in [0.29, 0.717) is 17.1 Å². The molecule has 0 radical (unpaired) electrons. The van der Waals surface area contributed by atoms with Gasteiger partial charge in [0.25, 0.3) is 5.91 Å². The van der Waals surface area contributed by atoms with Gasteiger partial charge in [0.2, 0.25) is 0 Å². The standard InChI is InChI=1S/C23H18ClN3O/c24-20-9-10-22(18-6-2-1-5-17(18)20)27-23(28)19-7-3-4-8-21(19)26-15-16-11-13-25-14-12-16/h1-14,26H,15H2,(H,27,28). The van der Waals surface area contributed by atoms with Crippen LogP contribution in [-0.4, -0.2) is 10.9 Å². The maximum absolute atomic E-state index is 13.0. The third-order valence-corrected chi connectivity index (χ3v) is 4.85. The van der Waals surface area contributed by atoms with Crippen LogP contribution in [0.2, 0.25) is 5.02 Å². The number of para-hydroxylation sites is 1. The minimum absolute atomic E-state index is 0.176. The number of fused-ring (bicyclic) bond motifs is 1. The van der Waals surface area contributed by atoms with Gasteiger partial charge >= 0.3 is 0 Å². The molecule has 0 unspecified atom stereocenters. The van der Waals surface area contributed by atoms with E-state index in [1.807, 2.05) is 66.7 Å². The number of nitrogens with zero attached hydrogens (tertiary/aromatic N) is 1. The Kier molecular flexibility index (Phi) is 5.22. The van der Waals surface area contributed by atoms with Crippen molar-refractivity contribution >= 4 is 39.7 Å². The minimum Gasteiger partial charge on any atom is -0.380 e. The fourth-order valence-electron chi connectivity index (χ4n) is 3.09. The molecule has 0 aliphatic carbocycles. The van der Waals surface area contributed by atoms with Crippen LogP contribution in [0.15, 0.2) is 85.2 Å². The molecular formula is C23H18ClN3O. The molecule has 0 aliphatic rings. The molecule has 5 heteroatoms. The van der Waals surface area contributed by atoms with Crippen molar-refractivity contribution < 1.29 is 4.79 Å². The minimum atomic E-state index is -0.176. The molecule has 4 rings (SSSR count). The van der Waals surface area contributed by atoms with Crippen LogP contribution in [0, 0.1) is 0 Å². The van der Waals surface area contributed by atoms with E-state index in [1.54, 1.807) is 18.5 Å². The van der Waals surface area contributed by atoms with Crippen molar-refractivity contribution in [3.63, 3.8) is 0 Å². The molecule has 0 aliphatic heterocycles. The number of amides is 1. The summed E-state index contributed by atoms with van der Waals surface area (Å²) < 4.78 is 0. The normalized spacial score (nSPS) is 10.6. The van der Waals surface area contributed by atoms with Gasteiger partial charge in [-0.1, -0.05) is 48.0 Å². The first-order chi connectivity index (χ1) is 13.7. The van der Waals surface area contributed by atoms with Gasteiger partial charge in [0.15, 0.2) is 0 Å². The molecule has 0 spiro atoms. The largest absolute Gasteiger partial charge is 0.380 e. The smallest absolute Gasteiger partial charge is 0.257 e. The predicted octanol–water partition coefficient (Wildman–Crippen LogP) is 5.75. The van der Waals surface area contributed by atoms with Gasteiger partial charge in [-0.3, -0.25) is 9.78 Å². The molecule has 1 amide bonds. The Hall–Kier alpha value is -3.37. The Bertz CT molecular complexity index is 1130. The van der Waals surface area contributed by atoms with E-state index in [2.05, 4.69) is 15.6 Å². The Morgan fingerprint density at radius 2 is 1.54 bits per heavy atom. The highest BCUT2D eigenvalue weighted by Gasteiger charge is 2.13. The molecule has 1 heterocycles. The zero-order valence-electron chi connectivity index (χ0n) is 15.0. The lowest BCUT2D eigenvalue weighted by Gasteiger charge is -2.14. The average Bonchev–Trinajstić information content (AvgIpc) is 2.75. The Morgan fingerprint density at radius 3 is 2.36 bits per heavy atom. The lowest BCUT2D eigenvalue weighted by atomic mass is 10.1. The second-order valence-electron chi connectivity index (χ2n) is 6.35. The van der Waals surface area contributed by atoms with Crippen LogP contribution in [0.3, 0.4) is 0 Å². The van der Waals surface area contributed by atoms with Crippen molar-refractivity contribution in [2.75, 3.05) is 10.6 Å². The van der Waals surface area contributed by atoms with Crippen molar-refractivity contribution in [1.29, 1.82) is 0 Å². The van der Waals surface area contributed by atoms with Crippen LogP contribution in [0.5, 0.6) is 0 Å². The lowest BCUT2D eigenvalue weighted by Crippen LogP contribution is -2.15. The molecule has 0 saturated heterocycles. The zero-order chi connectivity index (χ0) is 19.3. The summed E-state index contributed by atoms with van der Waals surface area (Å²) in [4.78, 5) is 17.0. The van der Waals surface area contributed by atoms with E-state index in [4.69, 9.17) is 11.6 Å². The van der Waals surface area contributed by atoms with E-state index >= 15 is 0 Å². The number of aromatic nitrogens is 1. The number of carbonyl (C=O) groups excluding carboxylic acids is 1. The van der Waals surface area contributed by atoms with Gasteiger partial charge in [-0.05, 0) is 42.0 Å². The van der Waals surface area contributed by atoms with Crippen molar-refractivity contribution in [2.24, 2.45) is 0 Å². The topological polar surface area (TPSA) is 54.0 Å². The first-order valence-electron chi connectivity index (χ1n) is 8.93. The number of nitrogens with one attached hydrogen (secondary N) is 2. The zero-order valence-corrected chi connectivity index (χ0v) is 15.8. The van der Waals surface area contributed by atoms with Crippen LogP contribution in [0.1, 0.15) is 15.9 Å². The van der Waals surface area contributed by atoms with Gasteiger partial charge in [-0.25, -0.2) is 0 Å². The second kappa shape index (κ2) is 8.11. The molecule has 1 aromatic heterocycles. The van der Waals surface area contributed by atoms with Gasteiger partial charge < -0.3 is 10.6 Å². The number of rotatable bonds is 5. The average molecular weight is 388 g/mol. The number of pyridine rings is 1. The molecular weight excluding hydrogens is 370 g/mol. The first kappa shape index (κ1) is 18.0. The summed E-state index contributed by atoms with van der Waals surface area (Å²) in [6, 6.07) is 22.7. The molecule has 4 nitrogen and oxygen atoms in total.